The van der Waals surface area contributed by atoms with Gasteiger partial charge in [-0.25, -0.2) is 9.97 Å². The first-order valence-electron chi connectivity index (χ1n) is 9.54. The molecule has 0 aliphatic carbocycles. The summed E-state index contributed by atoms with van der Waals surface area (Å²) in [6, 6.07) is 7.59. The van der Waals surface area contributed by atoms with Gasteiger partial charge in [-0.15, -0.1) is 11.3 Å². The first-order chi connectivity index (χ1) is 13.7. The van der Waals surface area contributed by atoms with Crippen LogP contribution in [0.5, 0.6) is 0 Å². The number of rotatable bonds is 7. The quantitative estimate of drug-likeness (QED) is 0.436. The number of morpholine rings is 1. The maximum Gasteiger partial charge on any atom is 0.262 e. The maximum absolute atomic E-state index is 13.1. The smallest absolute Gasteiger partial charge is 0.262 e. The summed E-state index contributed by atoms with van der Waals surface area (Å²) in [6.07, 6.45) is 0.920. The first kappa shape index (κ1) is 19.6. The number of thioether (sulfide) groups is 1. The molecular formula is C20H24N4O2S2. The van der Waals surface area contributed by atoms with E-state index in [-0.39, 0.29) is 5.56 Å². The van der Waals surface area contributed by atoms with Crippen molar-refractivity contribution in [3.8, 4) is 0 Å². The molecule has 2 aromatic heterocycles. The van der Waals surface area contributed by atoms with Gasteiger partial charge in [-0.1, -0.05) is 23.9 Å². The Morgan fingerprint density at radius 3 is 2.79 bits per heavy atom. The maximum atomic E-state index is 13.1. The Balaban J connectivity index is 1.54. The highest BCUT2D eigenvalue weighted by atomic mass is 32.2. The van der Waals surface area contributed by atoms with E-state index in [1.807, 2.05) is 35.8 Å². The molecule has 6 nitrogen and oxygen atoms in total. The average molecular weight is 417 g/mol. The number of hydrogen-bond acceptors (Lipinski definition) is 7. The summed E-state index contributed by atoms with van der Waals surface area (Å²) in [5.41, 5.74) is 1.84. The predicted molar refractivity (Wildman–Crippen MR) is 114 cm³/mol. The zero-order valence-electron chi connectivity index (χ0n) is 16.0. The summed E-state index contributed by atoms with van der Waals surface area (Å²) < 4.78 is 7.25. The van der Waals surface area contributed by atoms with E-state index in [1.165, 1.54) is 0 Å². The minimum absolute atomic E-state index is 0.0459. The highest BCUT2D eigenvalue weighted by molar-refractivity contribution is 7.98. The number of fused-ring (bicyclic) bond motifs is 1. The van der Waals surface area contributed by atoms with E-state index in [0.717, 1.165) is 66.4 Å². The Labute approximate surface area is 172 Å². The molecule has 28 heavy (non-hydrogen) atoms. The van der Waals surface area contributed by atoms with Crippen molar-refractivity contribution in [2.75, 3.05) is 32.8 Å². The van der Waals surface area contributed by atoms with Gasteiger partial charge in [0.05, 0.1) is 34.8 Å². The van der Waals surface area contributed by atoms with Crippen LogP contribution in [0.3, 0.4) is 0 Å². The summed E-state index contributed by atoms with van der Waals surface area (Å²) in [7, 11) is 0. The number of benzene rings is 1. The molecular weight excluding hydrogens is 392 g/mol. The van der Waals surface area contributed by atoms with Crippen molar-refractivity contribution in [3.05, 3.63) is 50.7 Å². The number of aryl methyl sites for hydroxylation is 1. The highest BCUT2D eigenvalue weighted by Crippen LogP contribution is 2.23. The van der Waals surface area contributed by atoms with Crippen LogP contribution >= 0.6 is 23.1 Å². The van der Waals surface area contributed by atoms with Crippen LogP contribution in [0.25, 0.3) is 10.9 Å². The number of hydrogen-bond donors (Lipinski definition) is 0. The van der Waals surface area contributed by atoms with Crippen LogP contribution in [0.15, 0.2) is 39.6 Å². The molecule has 4 rings (SSSR count). The lowest BCUT2D eigenvalue weighted by Crippen LogP contribution is -2.37. The van der Waals surface area contributed by atoms with Gasteiger partial charge in [0.1, 0.15) is 0 Å². The summed E-state index contributed by atoms with van der Waals surface area (Å²) in [4.78, 5) is 24.8. The number of ether oxygens (including phenoxy) is 1. The molecule has 0 N–H and O–H groups in total. The van der Waals surface area contributed by atoms with Crippen molar-refractivity contribution in [1.82, 2.24) is 19.4 Å². The number of thiazole rings is 1. The molecule has 3 heterocycles. The average Bonchev–Trinajstić information content (AvgIpc) is 3.14. The van der Waals surface area contributed by atoms with E-state index in [0.29, 0.717) is 11.9 Å². The minimum Gasteiger partial charge on any atom is -0.379 e. The van der Waals surface area contributed by atoms with Gasteiger partial charge < -0.3 is 4.74 Å². The Kier molecular flexibility index (Phi) is 6.41. The number of aromatic nitrogens is 3. The third-order valence-electron chi connectivity index (χ3n) is 4.80. The monoisotopic (exact) mass is 416 g/mol. The summed E-state index contributed by atoms with van der Waals surface area (Å²) >= 11 is 3.24. The second-order valence-corrected chi connectivity index (χ2v) is 8.83. The van der Waals surface area contributed by atoms with Crippen LogP contribution in [-0.2, 0) is 17.0 Å². The Morgan fingerprint density at radius 2 is 2.00 bits per heavy atom. The van der Waals surface area contributed by atoms with Gasteiger partial charge in [-0.3, -0.25) is 14.3 Å². The summed E-state index contributed by atoms with van der Waals surface area (Å²) in [6.45, 7) is 7.18. The van der Waals surface area contributed by atoms with Crippen LogP contribution in [0, 0.1) is 6.92 Å². The second kappa shape index (κ2) is 9.17. The normalized spacial score (nSPS) is 15.3. The van der Waals surface area contributed by atoms with Crippen molar-refractivity contribution in [2.45, 2.75) is 30.8 Å². The fraction of sp³-hybridized carbons (Fsp3) is 0.450. The molecule has 0 bridgehead atoms. The lowest BCUT2D eigenvalue weighted by Gasteiger charge is -2.26. The van der Waals surface area contributed by atoms with Gasteiger partial charge in [0, 0.05) is 37.3 Å². The predicted octanol–water partition coefficient (Wildman–Crippen LogP) is 3.18. The van der Waals surface area contributed by atoms with Crippen molar-refractivity contribution in [3.63, 3.8) is 0 Å². The van der Waals surface area contributed by atoms with Crippen molar-refractivity contribution >= 4 is 34.0 Å². The molecule has 8 heteroatoms. The molecule has 0 unspecified atom stereocenters. The van der Waals surface area contributed by atoms with E-state index < -0.39 is 0 Å². The van der Waals surface area contributed by atoms with Crippen molar-refractivity contribution < 1.29 is 4.74 Å². The highest BCUT2D eigenvalue weighted by Gasteiger charge is 2.14. The zero-order valence-corrected chi connectivity index (χ0v) is 17.6. The number of nitrogens with zero attached hydrogens (tertiary/aromatic N) is 4. The molecule has 1 saturated heterocycles. The summed E-state index contributed by atoms with van der Waals surface area (Å²) in [5, 5.41) is 4.59. The Bertz CT molecular complexity index is 995. The molecule has 3 aromatic rings. The van der Waals surface area contributed by atoms with Gasteiger partial charge in [-0.05, 0) is 25.5 Å². The van der Waals surface area contributed by atoms with Crippen LogP contribution < -0.4 is 5.56 Å². The molecule has 1 aliphatic heterocycles. The number of para-hydroxylation sites is 1. The third-order valence-corrected chi connectivity index (χ3v) is 6.63. The van der Waals surface area contributed by atoms with Crippen LogP contribution in [0.1, 0.15) is 17.1 Å². The van der Waals surface area contributed by atoms with Gasteiger partial charge in [0.2, 0.25) is 0 Å². The van der Waals surface area contributed by atoms with E-state index in [9.17, 15) is 4.79 Å². The van der Waals surface area contributed by atoms with Gasteiger partial charge in [-0.2, -0.15) is 0 Å². The molecule has 0 saturated carbocycles. The second-order valence-electron chi connectivity index (χ2n) is 6.82. The summed E-state index contributed by atoms with van der Waals surface area (Å²) in [5.74, 6) is 0.721. The molecule has 0 amide bonds. The van der Waals surface area contributed by atoms with E-state index in [4.69, 9.17) is 9.72 Å². The van der Waals surface area contributed by atoms with Crippen LogP contribution in [0.4, 0.5) is 0 Å². The molecule has 1 fully saturated rings. The molecule has 1 aromatic carbocycles. The molecule has 0 spiro atoms. The third kappa shape index (κ3) is 4.63. The van der Waals surface area contributed by atoms with Gasteiger partial charge >= 0.3 is 0 Å². The lowest BCUT2D eigenvalue weighted by atomic mass is 10.2. The molecule has 0 atom stereocenters. The molecule has 1 aliphatic rings. The van der Waals surface area contributed by atoms with Gasteiger partial charge in [0.15, 0.2) is 5.16 Å². The van der Waals surface area contributed by atoms with Crippen molar-refractivity contribution in [2.24, 2.45) is 0 Å². The fourth-order valence-electron chi connectivity index (χ4n) is 3.35. The van der Waals surface area contributed by atoms with Crippen LogP contribution in [-0.4, -0.2) is 52.3 Å². The van der Waals surface area contributed by atoms with Gasteiger partial charge in [0.25, 0.3) is 5.56 Å². The lowest BCUT2D eigenvalue weighted by molar-refractivity contribution is 0.0368. The minimum atomic E-state index is 0.0459. The molecule has 148 valence electrons. The largest absolute Gasteiger partial charge is 0.379 e. The fourth-order valence-corrected chi connectivity index (χ4v) is 4.98. The Morgan fingerprint density at radius 1 is 1.18 bits per heavy atom. The SMILES string of the molecule is Cc1nc(CSc2nc3ccccc3c(=O)n2CCCN2CCOCC2)cs1. The first-order valence-corrected chi connectivity index (χ1v) is 11.4. The zero-order chi connectivity index (χ0) is 19.3. The Hall–Kier alpha value is -1.74. The topological polar surface area (TPSA) is 60.2 Å². The van der Waals surface area contributed by atoms with E-state index in [2.05, 4.69) is 15.3 Å². The standard InChI is InChI=1S/C20H24N4O2S2/c1-15-21-16(13-27-15)14-28-20-22-18-6-3-2-5-17(18)19(25)24(20)8-4-7-23-9-11-26-12-10-23/h2-3,5-6,13H,4,7-12,14H2,1H3. The van der Waals surface area contributed by atoms with Crippen LogP contribution in [0.2, 0.25) is 0 Å². The molecule has 0 radical (unpaired) electrons. The van der Waals surface area contributed by atoms with E-state index in [1.54, 1.807) is 23.1 Å². The van der Waals surface area contributed by atoms with E-state index >= 15 is 0 Å². The van der Waals surface area contributed by atoms with Crippen molar-refractivity contribution in [1.29, 1.82) is 0 Å².